The van der Waals surface area contributed by atoms with Crippen molar-refractivity contribution in [1.29, 1.82) is 0 Å². The van der Waals surface area contributed by atoms with Crippen molar-refractivity contribution in [2.45, 2.75) is 0 Å². The molecule has 2 heterocycles. The summed E-state index contributed by atoms with van der Waals surface area (Å²) in [7, 11) is 0. The van der Waals surface area contributed by atoms with Crippen molar-refractivity contribution >= 4 is 21.8 Å². The van der Waals surface area contributed by atoms with Crippen molar-refractivity contribution in [3.8, 4) is 11.5 Å². The van der Waals surface area contributed by atoms with Crippen molar-refractivity contribution in [3.63, 3.8) is 0 Å². The molecule has 4 nitrogen and oxygen atoms in total. The second-order valence-corrected chi connectivity index (χ2v) is 3.00. The van der Waals surface area contributed by atoms with Crippen molar-refractivity contribution < 1.29 is 8.94 Å². The van der Waals surface area contributed by atoms with E-state index in [1.807, 2.05) is 0 Å². The number of furan rings is 1. The molecule has 5 heteroatoms. The van der Waals surface area contributed by atoms with Crippen LogP contribution < -0.4 is 5.73 Å². The van der Waals surface area contributed by atoms with Gasteiger partial charge in [0.15, 0.2) is 16.1 Å². The minimum Gasteiger partial charge on any atom is -0.448 e. The van der Waals surface area contributed by atoms with Crippen LogP contribution in [0.25, 0.3) is 11.5 Å². The summed E-state index contributed by atoms with van der Waals surface area (Å²) in [6.07, 6.45) is 0. The van der Waals surface area contributed by atoms with E-state index >= 15 is 0 Å². The third-order valence-corrected chi connectivity index (χ3v) is 1.78. The Morgan fingerprint density at radius 2 is 2.25 bits per heavy atom. The Labute approximate surface area is 76.5 Å². The number of nitrogens with zero attached hydrogens (tertiary/aromatic N) is 1. The molecule has 2 aromatic rings. The second kappa shape index (κ2) is 2.67. The highest BCUT2D eigenvalue weighted by molar-refractivity contribution is 9.10. The lowest BCUT2D eigenvalue weighted by atomic mass is 10.3. The maximum Gasteiger partial charge on any atom is 0.222 e. The van der Waals surface area contributed by atoms with E-state index in [-0.39, 0.29) is 5.88 Å². The molecule has 0 aliphatic heterocycles. The van der Waals surface area contributed by atoms with Gasteiger partial charge in [0, 0.05) is 6.07 Å². The molecule has 0 aliphatic carbocycles. The highest BCUT2D eigenvalue weighted by atomic mass is 79.9. The molecule has 0 saturated carbocycles. The summed E-state index contributed by atoms with van der Waals surface area (Å²) in [6.45, 7) is 0. The summed E-state index contributed by atoms with van der Waals surface area (Å²) in [5.41, 5.74) is 5.94. The summed E-state index contributed by atoms with van der Waals surface area (Å²) in [5.74, 6) is 0.903. The van der Waals surface area contributed by atoms with Gasteiger partial charge in [0.25, 0.3) is 0 Å². The van der Waals surface area contributed by atoms with Gasteiger partial charge in [-0.2, -0.15) is 0 Å². The quantitative estimate of drug-likeness (QED) is 0.814. The lowest BCUT2D eigenvalue weighted by molar-refractivity contribution is 0.435. The number of hydrogen-bond acceptors (Lipinski definition) is 4. The fourth-order valence-corrected chi connectivity index (χ4v) is 1.16. The van der Waals surface area contributed by atoms with Crippen LogP contribution in [0.1, 0.15) is 0 Å². The highest BCUT2D eigenvalue weighted by Gasteiger charge is 2.07. The van der Waals surface area contributed by atoms with E-state index in [1.54, 1.807) is 18.2 Å². The monoisotopic (exact) mass is 228 g/mol. The van der Waals surface area contributed by atoms with Gasteiger partial charge in [0.1, 0.15) is 0 Å². The van der Waals surface area contributed by atoms with Crippen LogP contribution in [0.5, 0.6) is 0 Å². The van der Waals surface area contributed by atoms with Gasteiger partial charge in [0.05, 0.1) is 0 Å². The van der Waals surface area contributed by atoms with Crippen LogP contribution in [-0.4, -0.2) is 5.16 Å². The molecule has 0 radical (unpaired) electrons. The third-order valence-electron chi connectivity index (χ3n) is 1.35. The molecule has 0 aliphatic rings. The largest absolute Gasteiger partial charge is 0.448 e. The molecule has 2 aromatic heterocycles. The minimum absolute atomic E-state index is 0.275. The summed E-state index contributed by atoms with van der Waals surface area (Å²) >= 11 is 3.18. The number of nitrogens with two attached hydrogens (primary N) is 1. The molecular weight excluding hydrogens is 224 g/mol. The number of halogens is 1. The molecule has 0 saturated heterocycles. The Morgan fingerprint density at radius 1 is 1.42 bits per heavy atom. The molecule has 0 bridgehead atoms. The first-order chi connectivity index (χ1) is 5.75. The first kappa shape index (κ1) is 7.42. The number of nitrogen functional groups attached to an aromatic ring is 1. The molecule has 0 spiro atoms. The summed E-state index contributed by atoms with van der Waals surface area (Å²) in [5, 5.41) is 3.68. The normalized spacial score (nSPS) is 10.4. The van der Waals surface area contributed by atoms with Gasteiger partial charge in [-0.15, -0.1) is 0 Å². The van der Waals surface area contributed by atoms with Crippen molar-refractivity contribution in [2.24, 2.45) is 0 Å². The summed E-state index contributed by atoms with van der Waals surface area (Å²) < 4.78 is 10.6. The predicted octanol–water partition coefficient (Wildman–Crippen LogP) is 2.28. The summed E-state index contributed by atoms with van der Waals surface area (Å²) in [4.78, 5) is 0. The maximum atomic E-state index is 5.34. The van der Waals surface area contributed by atoms with Crippen LogP contribution in [-0.2, 0) is 0 Å². The van der Waals surface area contributed by atoms with Gasteiger partial charge in [-0.25, -0.2) is 0 Å². The SMILES string of the molecule is Nc1cc(-c2ccc(Br)o2)no1. The topological polar surface area (TPSA) is 65.2 Å². The van der Waals surface area contributed by atoms with Crippen LogP contribution in [0.2, 0.25) is 0 Å². The number of rotatable bonds is 1. The zero-order chi connectivity index (χ0) is 8.55. The first-order valence-corrected chi connectivity index (χ1v) is 4.03. The van der Waals surface area contributed by atoms with E-state index in [1.165, 1.54) is 0 Å². The van der Waals surface area contributed by atoms with E-state index < -0.39 is 0 Å². The first-order valence-electron chi connectivity index (χ1n) is 3.23. The van der Waals surface area contributed by atoms with Gasteiger partial charge in [-0.05, 0) is 28.1 Å². The predicted molar refractivity (Wildman–Crippen MR) is 46.3 cm³/mol. The van der Waals surface area contributed by atoms with Crippen LogP contribution in [0.15, 0.2) is 31.8 Å². The minimum atomic E-state index is 0.275. The van der Waals surface area contributed by atoms with E-state index in [9.17, 15) is 0 Å². The lowest BCUT2D eigenvalue weighted by Crippen LogP contribution is -1.75. The molecule has 62 valence electrons. The molecule has 0 amide bonds. The lowest BCUT2D eigenvalue weighted by Gasteiger charge is -1.83. The summed E-state index contributed by atoms with van der Waals surface area (Å²) in [6, 6.07) is 5.16. The van der Waals surface area contributed by atoms with Gasteiger partial charge < -0.3 is 14.7 Å². The average molecular weight is 229 g/mol. The number of hydrogen-bond donors (Lipinski definition) is 1. The fourth-order valence-electron chi connectivity index (χ4n) is 0.857. The molecule has 0 aromatic carbocycles. The Morgan fingerprint density at radius 3 is 2.75 bits per heavy atom. The molecular formula is C7H5BrN2O2. The van der Waals surface area contributed by atoms with Gasteiger partial charge in [0.2, 0.25) is 5.88 Å². The second-order valence-electron chi connectivity index (χ2n) is 2.22. The average Bonchev–Trinajstić information content (AvgIpc) is 2.58. The van der Waals surface area contributed by atoms with Gasteiger partial charge in [-0.1, -0.05) is 5.16 Å². The highest BCUT2D eigenvalue weighted by Crippen LogP contribution is 2.24. The molecule has 0 fully saturated rings. The fraction of sp³-hybridized carbons (Fsp3) is 0. The number of aromatic nitrogens is 1. The number of anilines is 1. The van der Waals surface area contributed by atoms with Crippen LogP contribution in [0.4, 0.5) is 5.88 Å². The smallest absolute Gasteiger partial charge is 0.222 e. The van der Waals surface area contributed by atoms with Crippen LogP contribution in [0, 0.1) is 0 Å². The standard InChI is InChI=1S/C7H5BrN2O2/c8-6-2-1-5(11-6)4-3-7(9)12-10-4/h1-3H,9H2. The Hall–Kier alpha value is -1.23. The van der Waals surface area contributed by atoms with Crippen molar-refractivity contribution in [3.05, 3.63) is 22.9 Å². The van der Waals surface area contributed by atoms with Gasteiger partial charge in [-0.3, -0.25) is 0 Å². The third kappa shape index (κ3) is 1.23. The van der Waals surface area contributed by atoms with E-state index in [0.717, 1.165) is 0 Å². The van der Waals surface area contributed by atoms with E-state index in [4.69, 9.17) is 10.2 Å². The zero-order valence-electron chi connectivity index (χ0n) is 5.95. The molecule has 2 N–H and O–H groups in total. The molecule has 0 unspecified atom stereocenters. The Bertz CT molecular complexity index is 355. The molecule has 2 rings (SSSR count). The van der Waals surface area contributed by atoms with Crippen LogP contribution in [0.3, 0.4) is 0 Å². The van der Waals surface area contributed by atoms with Gasteiger partial charge >= 0.3 is 0 Å². The molecule has 0 atom stereocenters. The zero-order valence-corrected chi connectivity index (χ0v) is 7.54. The molecule has 12 heavy (non-hydrogen) atoms. The van der Waals surface area contributed by atoms with E-state index in [2.05, 4.69) is 25.6 Å². The Balaban J connectivity index is 2.43. The van der Waals surface area contributed by atoms with Crippen molar-refractivity contribution in [2.75, 3.05) is 5.73 Å². The van der Waals surface area contributed by atoms with Crippen molar-refractivity contribution in [1.82, 2.24) is 5.16 Å². The van der Waals surface area contributed by atoms with E-state index in [0.29, 0.717) is 16.1 Å². The van der Waals surface area contributed by atoms with Crippen LogP contribution >= 0.6 is 15.9 Å². The maximum absolute atomic E-state index is 5.34. The Kier molecular flexibility index (Phi) is 1.65.